The molecule has 122 valence electrons. The summed E-state index contributed by atoms with van der Waals surface area (Å²) < 4.78 is 0. The number of urea groups is 1. The summed E-state index contributed by atoms with van der Waals surface area (Å²) >= 11 is 0. The van der Waals surface area contributed by atoms with E-state index in [1.54, 1.807) is 4.90 Å². The summed E-state index contributed by atoms with van der Waals surface area (Å²) in [6.07, 6.45) is 7.87. The van der Waals surface area contributed by atoms with Crippen molar-refractivity contribution >= 4 is 11.9 Å². The van der Waals surface area contributed by atoms with Gasteiger partial charge in [0.15, 0.2) is 0 Å². The fraction of sp³-hybridized carbons (Fsp3) is 0.647. The number of piperazine rings is 1. The van der Waals surface area contributed by atoms with Crippen molar-refractivity contribution in [1.82, 2.24) is 15.1 Å². The van der Waals surface area contributed by atoms with E-state index in [-0.39, 0.29) is 11.9 Å². The van der Waals surface area contributed by atoms with Gasteiger partial charge in [-0.2, -0.15) is 0 Å². The third-order valence-electron chi connectivity index (χ3n) is 4.29. The van der Waals surface area contributed by atoms with Crippen molar-refractivity contribution in [2.75, 3.05) is 32.7 Å². The van der Waals surface area contributed by atoms with Crippen LogP contribution in [-0.2, 0) is 4.79 Å². The molecule has 0 aromatic carbocycles. The van der Waals surface area contributed by atoms with Gasteiger partial charge in [0, 0.05) is 38.3 Å². The highest BCUT2D eigenvalue weighted by atomic mass is 16.2. The summed E-state index contributed by atoms with van der Waals surface area (Å²) in [5, 5.41) is 2.93. The minimum Gasteiger partial charge on any atom is -0.338 e. The second kappa shape index (κ2) is 8.01. The molecule has 1 aliphatic carbocycles. The standard InChI is InChI=1S/C17H27N3O2/c1-3-4-9-18-17(22)20-12-10-19(11-13-20)16(21)15-7-5-14(2)6-8-15/h5,7H,3-4,6,8-13H2,1-2H3,(H,18,22). The monoisotopic (exact) mass is 305 g/mol. The van der Waals surface area contributed by atoms with Gasteiger partial charge in [-0.3, -0.25) is 4.79 Å². The normalized spacial score (nSPS) is 18.6. The van der Waals surface area contributed by atoms with Crippen LogP contribution in [0.25, 0.3) is 0 Å². The number of rotatable bonds is 4. The SMILES string of the molecule is CCCCNC(=O)N1CCN(C(=O)C2=CC=C(C)CC2)CC1. The van der Waals surface area contributed by atoms with Crippen LogP contribution >= 0.6 is 0 Å². The largest absolute Gasteiger partial charge is 0.338 e. The van der Waals surface area contributed by atoms with E-state index in [4.69, 9.17) is 0 Å². The first kappa shape index (κ1) is 16.6. The zero-order valence-electron chi connectivity index (χ0n) is 13.7. The van der Waals surface area contributed by atoms with E-state index in [0.29, 0.717) is 26.2 Å². The van der Waals surface area contributed by atoms with Gasteiger partial charge in [-0.05, 0) is 26.2 Å². The van der Waals surface area contributed by atoms with Crippen molar-refractivity contribution in [2.45, 2.75) is 39.5 Å². The second-order valence-electron chi connectivity index (χ2n) is 6.07. The fourth-order valence-corrected chi connectivity index (χ4v) is 2.72. The summed E-state index contributed by atoms with van der Waals surface area (Å²) in [6.45, 7) is 7.41. The van der Waals surface area contributed by atoms with Crippen molar-refractivity contribution in [3.8, 4) is 0 Å². The number of nitrogens with zero attached hydrogens (tertiary/aromatic N) is 2. The van der Waals surface area contributed by atoms with Crippen molar-refractivity contribution in [3.63, 3.8) is 0 Å². The minimum atomic E-state index is -0.00371. The molecule has 0 radical (unpaired) electrons. The predicted octanol–water partition coefficient (Wildman–Crippen LogP) is 2.31. The van der Waals surface area contributed by atoms with Gasteiger partial charge < -0.3 is 15.1 Å². The van der Waals surface area contributed by atoms with E-state index >= 15 is 0 Å². The third kappa shape index (κ3) is 4.36. The predicted molar refractivity (Wildman–Crippen MR) is 87.5 cm³/mol. The molecule has 22 heavy (non-hydrogen) atoms. The summed E-state index contributed by atoms with van der Waals surface area (Å²) in [5.41, 5.74) is 2.22. The van der Waals surface area contributed by atoms with Crippen LogP contribution in [0, 0.1) is 0 Å². The molecular weight excluding hydrogens is 278 g/mol. The number of amides is 3. The van der Waals surface area contributed by atoms with Gasteiger partial charge in [-0.1, -0.05) is 31.1 Å². The summed E-state index contributed by atoms with van der Waals surface area (Å²) in [4.78, 5) is 28.1. The number of carbonyl (C=O) groups is 2. The Morgan fingerprint density at radius 2 is 1.77 bits per heavy atom. The first-order valence-corrected chi connectivity index (χ1v) is 8.30. The number of hydrogen-bond donors (Lipinski definition) is 1. The van der Waals surface area contributed by atoms with Gasteiger partial charge in [0.2, 0.25) is 5.91 Å². The Balaban J connectivity index is 1.79. The van der Waals surface area contributed by atoms with Crippen LogP contribution in [0.4, 0.5) is 4.79 Å². The van der Waals surface area contributed by atoms with Gasteiger partial charge >= 0.3 is 6.03 Å². The molecule has 0 spiro atoms. The summed E-state index contributed by atoms with van der Waals surface area (Å²) in [5.74, 6) is 0.134. The fourth-order valence-electron chi connectivity index (χ4n) is 2.72. The third-order valence-corrected chi connectivity index (χ3v) is 4.29. The van der Waals surface area contributed by atoms with Crippen LogP contribution in [0.2, 0.25) is 0 Å². The van der Waals surface area contributed by atoms with E-state index < -0.39 is 0 Å². The molecule has 1 heterocycles. The summed E-state index contributed by atoms with van der Waals surface area (Å²) in [7, 11) is 0. The number of carbonyl (C=O) groups excluding carboxylic acids is 2. The van der Waals surface area contributed by atoms with E-state index in [0.717, 1.165) is 37.8 Å². The molecule has 0 aromatic heterocycles. The molecule has 0 saturated carbocycles. The molecule has 5 nitrogen and oxygen atoms in total. The Bertz CT molecular complexity index is 474. The second-order valence-corrected chi connectivity index (χ2v) is 6.07. The Kier molecular flexibility index (Phi) is 6.04. The molecule has 2 aliphatic rings. The molecule has 1 N–H and O–H groups in total. The number of nitrogens with one attached hydrogen (secondary N) is 1. The van der Waals surface area contributed by atoms with Crippen molar-refractivity contribution in [3.05, 3.63) is 23.3 Å². The summed E-state index contributed by atoms with van der Waals surface area (Å²) in [6, 6.07) is -0.00371. The molecule has 1 fully saturated rings. The first-order valence-electron chi connectivity index (χ1n) is 8.30. The molecule has 1 aliphatic heterocycles. The van der Waals surface area contributed by atoms with Crippen LogP contribution in [-0.4, -0.2) is 54.5 Å². The molecule has 0 atom stereocenters. The van der Waals surface area contributed by atoms with Crippen molar-refractivity contribution < 1.29 is 9.59 Å². The lowest BCUT2D eigenvalue weighted by Crippen LogP contribution is -2.53. The van der Waals surface area contributed by atoms with E-state index in [2.05, 4.69) is 19.2 Å². The average Bonchev–Trinajstić information content (AvgIpc) is 2.55. The topological polar surface area (TPSA) is 52.7 Å². The van der Waals surface area contributed by atoms with Crippen molar-refractivity contribution in [1.29, 1.82) is 0 Å². The highest BCUT2D eigenvalue weighted by molar-refractivity contribution is 5.94. The molecule has 0 unspecified atom stereocenters. The quantitative estimate of drug-likeness (QED) is 0.810. The lowest BCUT2D eigenvalue weighted by molar-refractivity contribution is -0.128. The molecule has 0 aromatic rings. The Morgan fingerprint density at radius 3 is 2.36 bits per heavy atom. The zero-order chi connectivity index (χ0) is 15.9. The van der Waals surface area contributed by atoms with Crippen molar-refractivity contribution in [2.24, 2.45) is 0 Å². The molecule has 2 rings (SSSR count). The van der Waals surface area contributed by atoms with Crippen LogP contribution in [0.1, 0.15) is 39.5 Å². The smallest absolute Gasteiger partial charge is 0.317 e. The van der Waals surface area contributed by atoms with E-state index in [1.165, 1.54) is 5.57 Å². The average molecular weight is 305 g/mol. The number of hydrogen-bond acceptors (Lipinski definition) is 2. The Labute approximate surface area is 133 Å². The Hall–Kier alpha value is -1.78. The lowest BCUT2D eigenvalue weighted by atomic mass is 9.98. The number of allylic oxidation sites excluding steroid dienone is 3. The Morgan fingerprint density at radius 1 is 1.09 bits per heavy atom. The molecule has 1 saturated heterocycles. The van der Waals surface area contributed by atoms with Gasteiger partial charge in [0.1, 0.15) is 0 Å². The lowest BCUT2D eigenvalue weighted by Gasteiger charge is -2.35. The maximum atomic E-state index is 12.5. The minimum absolute atomic E-state index is 0.00371. The molecule has 3 amide bonds. The first-order chi connectivity index (χ1) is 10.6. The zero-order valence-corrected chi connectivity index (χ0v) is 13.7. The highest BCUT2D eigenvalue weighted by Gasteiger charge is 2.25. The van der Waals surface area contributed by atoms with Gasteiger partial charge in [-0.15, -0.1) is 0 Å². The van der Waals surface area contributed by atoms with Gasteiger partial charge in [-0.25, -0.2) is 4.79 Å². The van der Waals surface area contributed by atoms with Crippen LogP contribution in [0.15, 0.2) is 23.3 Å². The maximum absolute atomic E-state index is 12.5. The molecular formula is C17H27N3O2. The number of unbranched alkanes of at least 4 members (excludes halogenated alkanes) is 1. The maximum Gasteiger partial charge on any atom is 0.317 e. The van der Waals surface area contributed by atoms with Gasteiger partial charge in [0.05, 0.1) is 0 Å². The van der Waals surface area contributed by atoms with Gasteiger partial charge in [0.25, 0.3) is 0 Å². The van der Waals surface area contributed by atoms with Crippen LogP contribution in [0.3, 0.4) is 0 Å². The van der Waals surface area contributed by atoms with Crippen LogP contribution < -0.4 is 5.32 Å². The van der Waals surface area contributed by atoms with Crippen LogP contribution in [0.5, 0.6) is 0 Å². The molecule has 5 heteroatoms. The highest BCUT2D eigenvalue weighted by Crippen LogP contribution is 2.20. The molecule has 0 bridgehead atoms. The van der Waals surface area contributed by atoms with E-state index in [1.807, 2.05) is 17.1 Å². The van der Waals surface area contributed by atoms with E-state index in [9.17, 15) is 9.59 Å².